The zero-order valence-electron chi connectivity index (χ0n) is 20.0. The molecule has 0 spiro atoms. The zero-order chi connectivity index (χ0) is 24.5. The molecule has 0 radical (unpaired) electrons. The Balaban J connectivity index is 1.46. The SMILES string of the molecule is CC(C)CNC(=O)c1ccc(N2CC3CC(C2)c2cccc(=O)n2C3)c(NC(=O)c2cccs2)c1. The number of hydrogen-bond acceptors (Lipinski definition) is 5. The van der Waals surface area contributed by atoms with Crippen LogP contribution in [0.2, 0.25) is 0 Å². The number of carbonyl (C=O) groups is 2. The van der Waals surface area contributed by atoms with Gasteiger partial charge in [-0.3, -0.25) is 14.4 Å². The van der Waals surface area contributed by atoms with Gasteiger partial charge in [-0.1, -0.05) is 26.0 Å². The van der Waals surface area contributed by atoms with E-state index >= 15 is 0 Å². The minimum absolute atomic E-state index is 0.0614. The molecule has 2 aliphatic rings. The molecule has 2 atom stereocenters. The van der Waals surface area contributed by atoms with E-state index in [-0.39, 0.29) is 23.3 Å². The van der Waals surface area contributed by atoms with Crippen LogP contribution in [0.5, 0.6) is 0 Å². The number of benzene rings is 1. The van der Waals surface area contributed by atoms with Gasteiger partial charge in [-0.15, -0.1) is 11.3 Å². The topological polar surface area (TPSA) is 83.4 Å². The number of piperidine rings is 1. The number of thiophene rings is 1. The van der Waals surface area contributed by atoms with Crippen LogP contribution in [0.15, 0.2) is 58.7 Å². The standard InChI is InChI=1S/C27H30N4O3S/c1-17(2)13-28-26(33)19-8-9-23(21(12-19)29-27(34)24-6-4-10-35-24)30-14-18-11-20(16-30)22-5-3-7-25(32)31(22)15-18/h3-10,12,17-18,20H,11,13-16H2,1-2H3,(H,28,33)(H,29,34). The molecule has 35 heavy (non-hydrogen) atoms. The van der Waals surface area contributed by atoms with Gasteiger partial charge in [0.2, 0.25) is 0 Å². The van der Waals surface area contributed by atoms with Gasteiger partial charge in [0, 0.05) is 49.4 Å². The summed E-state index contributed by atoms with van der Waals surface area (Å²) in [7, 11) is 0. The first-order chi connectivity index (χ1) is 16.9. The number of pyridine rings is 1. The van der Waals surface area contributed by atoms with Gasteiger partial charge in [0.05, 0.1) is 16.3 Å². The summed E-state index contributed by atoms with van der Waals surface area (Å²) in [5, 5.41) is 7.89. The normalized spacial score (nSPS) is 18.8. The van der Waals surface area contributed by atoms with Gasteiger partial charge >= 0.3 is 0 Å². The fraction of sp³-hybridized carbons (Fsp3) is 0.370. The molecule has 2 N–H and O–H groups in total. The van der Waals surface area contributed by atoms with Gasteiger partial charge in [0.1, 0.15) is 0 Å². The quantitative estimate of drug-likeness (QED) is 0.543. The summed E-state index contributed by atoms with van der Waals surface area (Å²) in [6.45, 7) is 6.93. The Morgan fingerprint density at radius 2 is 1.91 bits per heavy atom. The van der Waals surface area contributed by atoms with Crippen LogP contribution in [0, 0.1) is 11.8 Å². The maximum absolute atomic E-state index is 12.9. The van der Waals surface area contributed by atoms with Crippen molar-refractivity contribution in [2.24, 2.45) is 11.8 Å². The highest BCUT2D eigenvalue weighted by Crippen LogP contribution is 2.39. The molecule has 5 rings (SSSR count). The predicted molar refractivity (Wildman–Crippen MR) is 140 cm³/mol. The third-order valence-electron chi connectivity index (χ3n) is 6.74. The van der Waals surface area contributed by atoms with Gasteiger partial charge in [0.25, 0.3) is 17.4 Å². The molecule has 182 valence electrons. The first-order valence-electron chi connectivity index (χ1n) is 12.1. The third kappa shape index (κ3) is 4.89. The number of carbonyl (C=O) groups excluding carboxylic acids is 2. The van der Waals surface area contributed by atoms with E-state index in [2.05, 4.69) is 29.4 Å². The van der Waals surface area contributed by atoms with Crippen molar-refractivity contribution >= 4 is 34.5 Å². The Kier molecular flexibility index (Phi) is 6.47. The van der Waals surface area contributed by atoms with Crippen LogP contribution in [-0.2, 0) is 6.54 Å². The zero-order valence-corrected chi connectivity index (χ0v) is 20.8. The second-order valence-electron chi connectivity index (χ2n) is 9.87. The predicted octanol–water partition coefficient (Wildman–Crippen LogP) is 4.17. The molecule has 2 bridgehead atoms. The smallest absolute Gasteiger partial charge is 0.265 e. The summed E-state index contributed by atoms with van der Waals surface area (Å²) < 4.78 is 1.91. The molecule has 8 heteroatoms. The van der Waals surface area contributed by atoms with Crippen LogP contribution >= 0.6 is 11.3 Å². The van der Waals surface area contributed by atoms with Crippen molar-refractivity contribution < 1.29 is 9.59 Å². The summed E-state index contributed by atoms with van der Waals surface area (Å²) in [4.78, 5) is 41.0. The molecule has 2 aliphatic heterocycles. The van der Waals surface area contributed by atoms with Crippen LogP contribution in [-0.4, -0.2) is 36.0 Å². The molecular weight excluding hydrogens is 460 g/mol. The lowest BCUT2D eigenvalue weighted by Crippen LogP contribution is -2.47. The maximum Gasteiger partial charge on any atom is 0.265 e. The first-order valence-corrected chi connectivity index (χ1v) is 13.0. The Morgan fingerprint density at radius 3 is 2.69 bits per heavy atom. The average molecular weight is 491 g/mol. The van der Waals surface area contributed by atoms with Crippen LogP contribution in [0.3, 0.4) is 0 Å². The molecule has 0 aliphatic carbocycles. The number of nitrogens with one attached hydrogen (secondary N) is 2. The molecule has 0 saturated carbocycles. The molecule has 1 saturated heterocycles. The van der Waals surface area contributed by atoms with Gasteiger partial charge in [-0.25, -0.2) is 0 Å². The van der Waals surface area contributed by atoms with Crippen molar-refractivity contribution in [3.05, 3.63) is 80.4 Å². The number of aromatic nitrogens is 1. The summed E-state index contributed by atoms with van der Waals surface area (Å²) in [6, 6.07) is 14.7. The van der Waals surface area contributed by atoms with Crippen molar-refractivity contribution in [1.82, 2.24) is 9.88 Å². The molecule has 2 amide bonds. The number of rotatable bonds is 6. The van der Waals surface area contributed by atoms with Crippen LogP contribution in [0.1, 0.15) is 51.9 Å². The van der Waals surface area contributed by atoms with Gasteiger partial charge in [-0.2, -0.15) is 0 Å². The van der Waals surface area contributed by atoms with E-state index in [1.807, 2.05) is 40.3 Å². The van der Waals surface area contributed by atoms with Crippen LogP contribution in [0.25, 0.3) is 0 Å². The molecule has 3 aromatic rings. The maximum atomic E-state index is 12.9. The average Bonchev–Trinajstić information content (AvgIpc) is 3.38. The highest BCUT2D eigenvalue weighted by molar-refractivity contribution is 7.12. The first kappa shape index (κ1) is 23.4. The van der Waals surface area contributed by atoms with Gasteiger partial charge in [0.15, 0.2) is 0 Å². The second kappa shape index (κ2) is 9.70. The molecule has 1 aromatic carbocycles. The molecule has 2 unspecified atom stereocenters. The Hall–Kier alpha value is -3.39. The van der Waals surface area contributed by atoms with E-state index in [4.69, 9.17) is 0 Å². The second-order valence-corrected chi connectivity index (χ2v) is 10.8. The fourth-order valence-electron chi connectivity index (χ4n) is 5.14. The third-order valence-corrected chi connectivity index (χ3v) is 7.61. The lowest BCUT2D eigenvalue weighted by atomic mass is 9.83. The number of amides is 2. The summed E-state index contributed by atoms with van der Waals surface area (Å²) in [5.41, 5.74) is 3.19. The van der Waals surface area contributed by atoms with Crippen LogP contribution < -0.4 is 21.1 Å². The number of anilines is 2. The molecular formula is C27H30N4O3S. The molecule has 1 fully saturated rings. The van der Waals surface area contributed by atoms with Gasteiger partial charge in [-0.05, 0) is 54.0 Å². The van der Waals surface area contributed by atoms with Crippen molar-refractivity contribution in [2.75, 3.05) is 29.9 Å². The minimum atomic E-state index is -0.185. The van der Waals surface area contributed by atoms with E-state index < -0.39 is 0 Å². The summed E-state index contributed by atoms with van der Waals surface area (Å²) >= 11 is 1.38. The monoisotopic (exact) mass is 490 g/mol. The highest BCUT2D eigenvalue weighted by atomic mass is 32.1. The Bertz CT molecular complexity index is 1300. The van der Waals surface area contributed by atoms with Crippen molar-refractivity contribution in [3.63, 3.8) is 0 Å². The van der Waals surface area contributed by atoms with E-state index in [1.54, 1.807) is 18.2 Å². The number of hydrogen-bond donors (Lipinski definition) is 2. The largest absolute Gasteiger partial charge is 0.369 e. The van der Waals surface area contributed by atoms with E-state index in [9.17, 15) is 14.4 Å². The van der Waals surface area contributed by atoms with Crippen molar-refractivity contribution in [3.8, 4) is 0 Å². The molecule has 4 heterocycles. The number of fused-ring (bicyclic) bond motifs is 4. The van der Waals surface area contributed by atoms with E-state index in [1.165, 1.54) is 11.3 Å². The van der Waals surface area contributed by atoms with Gasteiger partial charge < -0.3 is 20.1 Å². The summed E-state index contributed by atoms with van der Waals surface area (Å²) in [5.74, 6) is 0.595. The number of nitrogens with zero attached hydrogens (tertiary/aromatic N) is 2. The Morgan fingerprint density at radius 1 is 1.06 bits per heavy atom. The molecule has 2 aromatic heterocycles. The highest BCUT2D eigenvalue weighted by Gasteiger charge is 2.35. The minimum Gasteiger partial charge on any atom is -0.369 e. The van der Waals surface area contributed by atoms with Crippen molar-refractivity contribution in [1.29, 1.82) is 0 Å². The van der Waals surface area contributed by atoms with E-state index in [0.29, 0.717) is 41.1 Å². The summed E-state index contributed by atoms with van der Waals surface area (Å²) in [6.07, 6.45) is 1.05. The van der Waals surface area contributed by atoms with Crippen molar-refractivity contribution in [2.45, 2.75) is 32.7 Å². The van der Waals surface area contributed by atoms with E-state index in [0.717, 1.165) is 30.9 Å². The lowest BCUT2D eigenvalue weighted by molar-refractivity contribution is 0.0947. The lowest BCUT2D eigenvalue weighted by Gasteiger charge is -2.44. The fourth-order valence-corrected chi connectivity index (χ4v) is 5.76. The van der Waals surface area contributed by atoms with Crippen LogP contribution in [0.4, 0.5) is 11.4 Å². The molecule has 7 nitrogen and oxygen atoms in total. The Labute approximate surface area is 208 Å².